The number of nitrogens with zero attached hydrogens (tertiary/aromatic N) is 2. The van der Waals surface area contributed by atoms with Crippen LogP contribution in [-0.2, 0) is 14.4 Å². The molecular weight excluding hydrogens is 394 g/mol. The van der Waals surface area contributed by atoms with Crippen LogP contribution in [0.3, 0.4) is 0 Å². The largest absolute Gasteiger partial charge is 0.493 e. The van der Waals surface area contributed by atoms with Crippen LogP contribution in [-0.4, -0.2) is 37.1 Å². The van der Waals surface area contributed by atoms with Crippen LogP contribution in [0.2, 0.25) is 0 Å². The third kappa shape index (κ3) is 2.69. The summed E-state index contributed by atoms with van der Waals surface area (Å²) in [6, 6.07) is 9.33. The lowest BCUT2D eigenvalue weighted by molar-refractivity contribution is -0.385. The maximum Gasteiger partial charge on any atom is 0.274 e. The summed E-state index contributed by atoms with van der Waals surface area (Å²) in [6.07, 6.45) is -1.18. The summed E-state index contributed by atoms with van der Waals surface area (Å²) >= 11 is 0. The summed E-state index contributed by atoms with van der Waals surface area (Å²) in [5.74, 6) is -0.456. The van der Waals surface area contributed by atoms with Gasteiger partial charge < -0.3 is 9.47 Å². The van der Waals surface area contributed by atoms with Gasteiger partial charge in [-0.05, 0) is 25.1 Å². The number of nitrogens with one attached hydrogen (secondary N) is 1. The molecular formula is C20H17N3O7. The Labute approximate surface area is 170 Å². The molecule has 1 fully saturated rings. The Morgan fingerprint density at radius 2 is 1.87 bits per heavy atom. The van der Waals surface area contributed by atoms with Crippen molar-refractivity contribution < 1.29 is 28.8 Å². The molecule has 0 bridgehead atoms. The fraction of sp³-hybridized carbons (Fsp3) is 0.200. The summed E-state index contributed by atoms with van der Waals surface area (Å²) in [5, 5.41) is 11.3. The number of rotatable bonds is 5. The number of carbonyl (C=O) groups excluding carboxylic acids is 2. The first-order valence-corrected chi connectivity index (χ1v) is 8.90. The number of amides is 2. The van der Waals surface area contributed by atoms with E-state index in [1.165, 1.54) is 39.3 Å². The van der Waals surface area contributed by atoms with Crippen LogP contribution in [0, 0.1) is 17.0 Å². The molecule has 0 aromatic heterocycles. The van der Waals surface area contributed by atoms with Gasteiger partial charge in [-0.15, -0.1) is 0 Å². The predicted molar refractivity (Wildman–Crippen MR) is 105 cm³/mol. The Bertz CT molecular complexity index is 1130. The average Bonchev–Trinajstić information content (AvgIpc) is 3.27. The highest BCUT2D eigenvalue weighted by Gasteiger charge is 2.51. The molecule has 2 aliphatic heterocycles. The first kappa shape index (κ1) is 19.4. The molecule has 10 heteroatoms. The van der Waals surface area contributed by atoms with Crippen LogP contribution < -0.4 is 19.9 Å². The summed E-state index contributed by atoms with van der Waals surface area (Å²) in [7, 11) is 2.94. The molecule has 0 saturated carbocycles. The summed E-state index contributed by atoms with van der Waals surface area (Å²) < 4.78 is 10.7. The number of ether oxygens (including phenoxy) is 2. The van der Waals surface area contributed by atoms with Gasteiger partial charge in [0.15, 0.2) is 17.6 Å². The number of fused-ring (bicyclic) bond motifs is 1. The van der Waals surface area contributed by atoms with Gasteiger partial charge in [0.05, 0.1) is 41.7 Å². The zero-order valence-corrected chi connectivity index (χ0v) is 16.3. The number of hydrogen-bond donors (Lipinski definition) is 1. The summed E-state index contributed by atoms with van der Waals surface area (Å²) in [5.41, 5.74) is 3.66. The Balaban J connectivity index is 1.85. The fourth-order valence-corrected chi connectivity index (χ4v) is 3.66. The Morgan fingerprint density at radius 1 is 1.13 bits per heavy atom. The molecule has 30 heavy (non-hydrogen) atoms. The van der Waals surface area contributed by atoms with E-state index in [4.69, 9.17) is 14.3 Å². The SMILES string of the molecule is COc1cccc(C2=C3C(=O)N(c4cccc([N+](=O)[O-])c4C)C(=O)[C@@H]3ON2)c1OC. The highest BCUT2D eigenvalue weighted by molar-refractivity contribution is 6.33. The molecule has 1 atom stereocenters. The first-order chi connectivity index (χ1) is 14.4. The molecule has 1 saturated heterocycles. The van der Waals surface area contributed by atoms with Crippen LogP contribution in [0.5, 0.6) is 11.5 Å². The van der Waals surface area contributed by atoms with Crippen LogP contribution >= 0.6 is 0 Å². The van der Waals surface area contributed by atoms with E-state index in [1.54, 1.807) is 18.2 Å². The molecule has 10 nitrogen and oxygen atoms in total. The Hall–Kier alpha value is -3.92. The van der Waals surface area contributed by atoms with Crippen molar-refractivity contribution in [2.75, 3.05) is 19.1 Å². The molecule has 2 aromatic carbocycles. The van der Waals surface area contributed by atoms with Crippen molar-refractivity contribution in [2.24, 2.45) is 0 Å². The lowest BCUT2D eigenvalue weighted by Crippen LogP contribution is -2.35. The number of methoxy groups -OCH3 is 2. The minimum Gasteiger partial charge on any atom is -0.493 e. The van der Waals surface area contributed by atoms with Gasteiger partial charge in [0.1, 0.15) is 0 Å². The van der Waals surface area contributed by atoms with Crippen LogP contribution in [0.4, 0.5) is 11.4 Å². The molecule has 2 heterocycles. The van der Waals surface area contributed by atoms with E-state index in [1.807, 2.05) is 0 Å². The second kappa shape index (κ2) is 7.16. The third-order valence-corrected chi connectivity index (χ3v) is 5.08. The predicted octanol–water partition coefficient (Wildman–Crippen LogP) is 2.11. The van der Waals surface area contributed by atoms with Crippen molar-refractivity contribution in [1.29, 1.82) is 0 Å². The first-order valence-electron chi connectivity index (χ1n) is 8.90. The Morgan fingerprint density at radius 3 is 2.53 bits per heavy atom. The molecule has 0 spiro atoms. The van der Waals surface area contributed by atoms with E-state index in [9.17, 15) is 19.7 Å². The van der Waals surface area contributed by atoms with Crippen LogP contribution in [0.25, 0.3) is 5.70 Å². The van der Waals surface area contributed by atoms with Crippen molar-refractivity contribution in [1.82, 2.24) is 5.48 Å². The van der Waals surface area contributed by atoms with Crippen LogP contribution in [0.15, 0.2) is 42.0 Å². The van der Waals surface area contributed by atoms with E-state index in [-0.39, 0.29) is 28.2 Å². The van der Waals surface area contributed by atoms with E-state index in [2.05, 4.69) is 5.48 Å². The van der Waals surface area contributed by atoms with Gasteiger partial charge in [0, 0.05) is 11.6 Å². The van der Waals surface area contributed by atoms with Crippen molar-refractivity contribution in [3.05, 3.63) is 63.2 Å². The van der Waals surface area contributed by atoms with Crippen LogP contribution in [0.1, 0.15) is 11.1 Å². The van der Waals surface area contributed by atoms with E-state index < -0.39 is 22.8 Å². The topological polar surface area (TPSA) is 120 Å². The van der Waals surface area contributed by atoms with E-state index in [0.717, 1.165) is 4.90 Å². The zero-order valence-electron chi connectivity index (χ0n) is 16.3. The summed E-state index contributed by atoms with van der Waals surface area (Å²) in [6.45, 7) is 1.49. The molecule has 2 aromatic rings. The smallest absolute Gasteiger partial charge is 0.274 e. The number of imide groups is 1. The number of anilines is 1. The van der Waals surface area contributed by atoms with Gasteiger partial charge in [-0.1, -0.05) is 12.1 Å². The fourth-order valence-electron chi connectivity index (χ4n) is 3.66. The molecule has 4 rings (SSSR count). The quantitative estimate of drug-likeness (QED) is 0.451. The highest BCUT2D eigenvalue weighted by Crippen LogP contribution is 2.42. The van der Waals surface area contributed by atoms with Gasteiger partial charge >= 0.3 is 0 Å². The number of para-hydroxylation sites is 1. The molecule has 154 valence electrons. The van der Waals surface area contributed by atoms with Gasteiger partial charge in [-0.3, -0.25) is 30.0 Å². The number of hydroxylamine groups is 1. The number of carbonyl (C=O) groups is 2. The molecule has 1 N–H and O–H groups in total. The Kier molecular flexibility index (Phi) is 4.63. The standard InChI is InChI=1S/C20H17N3O7/c1-10-12(7-5-8-13(10)23(26)27)22-19(24)15-16(21-30-18(15)20(22)25)11-6-4-9-14(28-2)17(11)29-3/h4-9,18,21H,1-3H3/t18-/m1/s1. The molecule has 0 unspecified atom stereocenters. The lowest BCUT2D eigenvalue weighted by atomic mass is 10.0. The number of benzene rings is 2. The highest BCUT2D eigenvalue weighted by atomic mass is 16.7. The van der Waals surface area contributed by atoms with Gasteiger partial charge in [0.25, 0.3) is 17.5 Å². The third-order valence-electron chi connectivity index (χ3n) is 5.08. The van der Waals surface area contributed by atoms with E-state index in [0.29, 0.717) is 17.1 Å². The second-order valence-corrected chi connectivity index (χ2v) is 6.59. The lowest BCUT2D eigenvalue weighted by Gasteiger charge is -2.18. The second-order valence-electron chi connectivity index (χ2n) is 6.59. The molecule has 2 amide bonds. The van der Waals surface area contributed by atoms with Crippen molar-refractivity contribution in [2.45, 2.75) is 13.0 Å². The van der Waals surface area contributed by atoms with Gasteiger partial charge in [0.2, 0.25) is 0 Å². The van der Waals surface area contributed by atoms with Crippen molar-refractivity contribution in [3.63, 3.8) is 0 Å². The van der Waals surface area contributed by atoms with Gasteiger partial charge in [-0.2, -0.15) is 0 Å². The average molecular weight is 411 g/mol. The normalized spacial score (nSPS) is 17.8. The zero-order chi connectivity index (χ0) is 21.6. The molecule has 0 radical (unpaired) electrons. The molecule has 0 aliphatic carbocycles. The van der Waals surface area contributed by atoms with Crippen molar-refractivity contribution >= 4 is 28.9 Å². The minimum absolute atomic E-state index is 0.0949. The van der Waals surface area contributed by atoms with E-state index >= 15 is 0 Å². The monoisotopic (exact) mass is 411 g/mol. The molecule has 2 aliphatic rings. The van der Waals surface area contributed by atoms with Gasteiger partial charge in [-0.25, -0.2) is 4.90 Å². The maximum atomic E-state index is 13.3. The number of nitro groups is 1. The number of hydrogen-bond acceptors (Lipinski definition) is 8. The summed E-state index contributed by atoms with van der Waals surface area (Å²) in [4.78, 5) is 43.2. The number of nitro benzene ring substituents is 1. The van der Waals surface area contributed by atoms with Crippen molar-refractivity contribution in [3.8, 4) is 11.5 Å². The minimum atomic E-state index is -1.18. The maximum absolute atomic E-state index is 13.3.